The quantitative estimate of drug-likeness (QED) is 0.819. The number of piperidine rings is 1. The first-order chi connectivity index (χ1) is 7.33. The highest BCUT2D eigenvalue weighted by molar-refractivity contribution is 5.22. The first-order valence-corrected chi connectivity index (χ1v) is 6.04. The number of nitrogens with one attached hydrogen (secondary N) is 1. The van der Waals surface area contributed by atoms with Crippen LogP contribution in [0.1, 0.15) is 43.4 Å². The number of aryl methyl sites for hydroxylation is 2. The van der Waals surface area contributed by atoms with Gasteiger partial charge in [-0.15, -0.1) is 0 Å². The zero-order valence-corrected chi connectivity index (χ0v) is 9.79. The minimum Gasteiger partial charge on any atom is -0.317 e. The van der Waals surface area contributed by atoms with E-state index in [1.54, 1.807) is 0 Å². The summed E-state index contributed by atoms with van der Waals surface area (Å²) >= 11 is 0. The molecular weight excluding hydrogens is 186 g/mol. The summed E-state index contributed by atoms with van der Waals surface area (Å²) in [6, 6.07) is 0. The highest BCUT2D eigenvalue weighted by Crippen LogP contribution is 2.28. The zero-order chi connectivity index (χ0) is 10.7. The third-order valence-electron chi connectivity index (χ3n) is 3.31. The van der Waals surface area contributed by atoms with Gasteiger partial charge in [0.2, 0.25) is 0 Å². The Morgan fingerprint density at radius 2 is 2.20 bits per heavy atom. The summed E-state index contributed by atoms with van der Waals surface area (Å²) in [5.74, 6) is 0.722. The van der Waals surface area contributed by atoms with Crippen molar-refractivity contribution in [1.29, 1.82) is 0 Å². The number of rotatable bonds is 3. The van der Waals surface area contributed by atoms with E-state index in [0.717, 1.165) is 19.0 Å². The van der Waals surface area contributed by atoms with Crippen molar-refractivity contribution in [3.8, 4) is 0 Å². The van der Waals surface area contributed by atoms with E-state index < -0.39 is 0 Å². The summed E-state index contributed by atoms with van der Waals surface area (Å²) < 4.78 is 2.08. The van der Waals surface area contributed by atoms with Gasteiger partial charge in [0.15, 0.2) is 0 Å². The molecule has 2 rings (SSSR count). The second-order valence-electron chi connectivity index (χ2n) is 4.45. The maximum atomic E-state index is 4.41. The van der Waals surface area contributed by atoms with Crippen LogP contribution in [0.3, 0.4) is 0 Å². The highest BCUT2D eigenvalue weighted by atomic mass is 15.3. The molecule has 3 nitrogen and oxygen atoms in total. The van der Waals surface area contributed by atoms with Crippen LogP contribution in [0.15, 0.2) is 6.20 Å². The van der Waals surface area contributed by atoms with Crippen LogP contribution < -0.4 is 5.32 Å². The SMILES string of the molecule is CCCc1cnn(C)c1C1CCNCC1. The minimum absolute atomic E-state index is 0.722. The summed E-state index contributed by atoms with van der Waals surface area (Å²) in [5.41, 5.74) is 2.95. The lowest BCUT2D eigenvalue weighted by Crippen LogP contribution is -2.28. The number of aromatic nitrogens is 2. The molecule has 0 amide bonds. The highest BCUT2D eigenvalue weighted by Gasteiger charge is 2.21. The van der Waals surface area contributed by atoms with E-state index >= 15 is 0 Å². The van der Waals surface area contributed by atoms with Crippen molar-refractivity contribution in [1.82, 2.24) is 15.1 Å². The molecular formula is C12H21N3. The molecule has 0 bridgehead atoms. The summed E-state index contributed by atoms with van der Waals surface area (Å²) in [6.07, 6.45) is 6.96. The van der Waals surface area contributed by atoms with E-state index in [1.165, 1.54) is 36.9 Å². The van der Waals surface area contributed by atoms with Gasteiger partial charge < -0.3 is 5.32 Å². The van der Waals surface area contributed by atoms with Gasteiger partial charge in [0.25, 0.3) is 0 Å². The summed E-state index contributed by atoms with van der Waals surface area (Å²) in [5, 5.41) is 7.82. The van der Waals surface area contributed by atoms with E-state index in [-0.39, 0.29) is 0 Å². The van der Waals surface area contributed by atoms with Crippen molar-refractivity contribution in [2.45, 2.75) is 38.5 Å². The molecule has 1 aliphatic rings. The molecule has 84 valence electrons. The minimum atomic E-state index is 0.722. The average Bonchev–Trinajstić information content (AvgIpc) is 2.62. The molecule has 0 spiro atoms. The topological polar surface area (TPSA) is 29.9 Å². The van der Waals surface area contributed by atoms with Crippen LogP contribution in [0, 0.1) is 0 Å². The first-order valence-electron chi connectivity index (χ1n) is 6.04. The fourth-order valence-electron chi connectivity index (χ4n) is 2.58. The van der Waals surface area contributed by atoms with Crippen molar-refractivity contribution in [3.05, 3.63) is 17.5 Å². The van der Waals surface area contributed by atoms with Crippen molar-refractivity contribution in [2.24, 2.45) is 7.05 Å². The molecule has 0 aliphatic carbocycles. The van der Waals surface area contributed by atoms with Gasteiger partial charge in [-0.05, 0) is 37.9 Å². The van der Waals surface area contributed by atoms with Gasteiger partial charge >= 0.3 is 0 Å². The van der Waals surface area contributed by atoms with Crippen LogP contribution >= 0.6 is 0 Å². The Morgan fingerprint density at radius 1 is 1.47 bits per heavy atom. The van der Waals surface area contributed by atoms with Gasteiger partial charge in [0.1, 0.15) is 0 Å². The Morgan fingerprint density at radius 3 is 2.87 bits per heavy atom. The van der Waals surface area contributed by atoms with Gasteiger partial charge in [-0.3, -0.25) is 4.68 Å². The average molecular weight is 207 g/mol. The van der Waals surface area contributed by atoms with Gasteiger partial charge in [-0.25, -0.2) is 0 Å². The second-order valence-corrected chi connectivity index (χ2v) is 4.45. The number of hydrogen-bond donors (Lipinski definition) is 1. The molecule has 1 N–H and O–H groups in total. The Bertz CT molecular complexity index is 311. The summed E-state index contributed by atoms with van der Waals surface area (Å²) in [6.45, 7) is 4.54. The molecule has 0 unspecified atom stereocenters. The zero-order valence-electron chi connectivity index (χ0n) is 9.79. The predicted octanol–water partition coefficient (Wildman–Crippen LogP) is 1.84. The molecule has 0 atom stereocenters. The maximum absolute atomic E-state index is 4.41. The monoisotopic (exact) mass is 207 g/mol. The molecule has 1 aromatic heterocycles. The van der Waals surface area contributed by atoms with Gasteiger partial charge in [0.05, 0.1) is 6.20 Å². The molecule has 1 saturated heterocycles. The van der Waals surface area contributed by atoms with Crippen LogP contribution in [0.2, 0.25) is 0 Å². The molecule has 15 heavy (non-hydrogen) atoms. The molecule has 0 radical (unpaired) electrons. The van der Waals surface area contributed by atoms with Crippen molar-refractivity contribution in [3.63, 3.8) is 0 Å². The Hall–Kier alpha value is -0.830. The van der Waals surface area contributed by atoms with E-state index in [0.29, 0.717) is 0 Å². The molecule has 3 heteroatoms. The molecule has 1 fully saturated rings. The first kappa shape index (κ1) is 10.7. The predicted molar refractivity (Wildman–Crippen MR) is 62.0 cm³/mol. The smallest absolute Gasteiger partial charge is 0.0524 e. The molecule has 1 aliphatic heterocycles. The van der Waals surface area contributed by atoms with Crippen LogP contribution in [0.25, 0.3) is 0 Å². The third-order valence-corrected chi connectivity index (χ3v) is 3.31. The molecule has 2 heterocycles. The third kappa shape index (κ3) is 2.23. The molecule has 1 aromatic rings. The Labute approximate surface area is 91.9 Å². The number of nitrogens with zero attached hydrogens (tertiary/aromatic N) is 2. The largest absolute Gasteiger partial charge is 0.317 e. The normalized spacial score (nSPS) is 18.3. The molecule has 0 saturated carbocycles. The summed E-state index contributed by atoms with van der Waals surface area (Å²) in [4.78, 5) is 0. The lowest BCUT2D eigenvalue weighted by molar-refractivity contribution is 0.437. The summed E-state index contributed by atoms with van der Waals surface area (Å²) in [7, 11) is 2.08. The van der Waals surface area contributed by atoms with E-state index in [9.17, 15) is 0 Å². The maximum Gasteiger partial charge on any atom is 0.0524 e. The standard InChI is InChI=1S/C12H21N3/c1-3-4-11-9-14-15(2)12(11)10-5-7-13-8-6-10/h9-10,13H,3-8H2,1-2H3. The van der Waals surface area contributed by atoms with E-state index in [2.05, 4.69) is 35.3 Å². The fourth-order valence-corrected chi connectivity index (χ4v) is 2.58. The van der Waals surface area contributed by atoms with Crippen LogP contribution in [0.5, 0.6) is 0 Å². The van der Waals surface area contributed by atoms with Crippen molar-refractivity contribution < 1.29 is 0 Å². The van der Waals surface area contributed by atoms with Crippen LogP contribution in [0.4, 0.5) is 0 Å². The fraction of sp³-hybridized carbons (Fsp3) is 0.750. The van der Waals surface area contributed by atoms with E-state index in [1.807, 2.05) is 0 Å². The van der Waals surface area contributed by atoms with E-state index in [4.69, 9.17) is 0 Å². The van der Waals surface area contributed by atoms with Crippen LogP contribution in [-0.2, 0) is 13.5 Å². The number of hydrogen-bond acceptors (Lipinski definition) is 2. The molecule has 0 aromatic carbocycles. The Balaban J connectivity index is 2.19. The van der Waals surface area contributed by atoms with Gasteiger partial charge in [0, 0.05) is 18.7 Å². The van der Waals surface area contributed by atoms with Gasteiger partial charge in [-0.1, -0.05) is 13.3 Å². The second kappa shape index (κ2) is 4.79. The Kier molecular flexibility index (Phi) is 3.41. The van der Waals surface area contributed by atoms with Crippen LogP contribution in [-0.4, -0.2) is 22.9 Å². The lowest BCUT2D eigenvalue weighted by Gasteiger charge is -2.24. The van der Waals surface area contributed by atoms with Gasteiger partial charge in [-0.2, -0.15) is 5.10 Å². The van der Waals surface area contributed by atoms with Crippen molar-refractivity contribution in [2.75, 3.05) is 13.1 Å². The lowest BCUT2D eigenvalue weighted by atomic mass is 9.91. The van der Waals surface area contributed by atoms with Crippen molar-refractivity contribution >= 4 is 0 Å².